The van der Waals surface area contributed by atoms with Crippen LogP contribution in [-0.4, -0.2) is 6.54 Å². The molecule has 0 spiro atoms. The van der Waals surface area contributed by atoms with Gasteiger partial charge in [-0.2, -0.15) is 0 Å². The second-order valence-electron chi connectivity index (χ2n) is 5.77. The average molecular weight is 269 g/mol. The van der Waals surface area contributed by atoms with Crippen LogP contribution in [0.2, 0.25) is 0 Å². The third kappa shape index (κ3) is 2.80. The van der Waals surface area contributed by atoms with E-state index in [9.17, 15) is 0 Å². The minimum absolute atomic E-state index is 0.481. The van der Waals surface area contributed by atoms with Gasteiger partial charge in [-0.15, -0.1) is 0 Å². The Kier molecular flexibility index (Phi) is 4.22. The third-order valence-electron chi connectivity index (χ3n) is 4.34. The van der Waals surface area contributed by atoms with Crippen LogP contribution in [0.1, 0.15) is 42.5 Å². The molecule has 0 saturated heterocycles. The number of nitrogens with one attached hydrogen (secondary N) is 1. The zero-order valence-corrected chi connectivity index (χ0v) is 12.1. The summed E-state index contributed by atoms with van der Waals surface area (Å²) in [6, 6.07) is 11.5. The SMILES string of the molecule is CCCNC1c2ccccc2CCC1Cc1ccoc1. The molecule has 1 heterocycles. The van der Waals surface area contributed by atoms with Crippen molar-refractivity contribution >= 4 is 0 Å². The van der Waals surface area contributed by atoms with Crippen LogP contribution in [0.15, 0.2) is 47.3 Å². The summed E-state index contributed by atoms with van der Waals surface area (Å²) >= 11 is 0. The molecule has 0 radical (unpaired) electrons. The van der Waals surface area contributed by atoms with Crippen LogP contribution in [0, 0.1) is 5.92 Å². The van der Waals surface area contributed by atoms with Crippen LogP contribution >= 0.6 is 0 Å². The number of aryl methyl sites for hydroxylation is 1. The van der Waals surface area contributed by atoms with Crippen molar-refractivity contribution in [1.82, 2.24) is 5.32 Å². The molecule has 20 heavy (non-hydrogen) atoms. The molecule has 1 aliphatic carbocycles. The quantitative estimate of drug-likeness (QED) is 0.883. The Morgan fingerprint density at radius 3 is 2.95 bits per heavy atom. The van der Waals surface area contributed by atoms with Crippen LogP contribution < -0.4 is 5.32 Å². The molecule has 1 aromatic carbocycles. The summed E-state index contributed by atoms with van der Waals surface area (Å²) in [4.78, 5) is 0. The first-order chi connectivity index (χ1) is 9.88. The van der Waals surface area contributed by atoms with E-state index in [0.717, 1.165) is 13.0 Å². The molecule has 0 amide bonds. The minimum Gasteiger partial charge on any atom is -0.472 e. The topological polar surface area (TPSA) is 25.2 Å². The molecule has 0 bridgehead atoms. The van der Waals surface area contributed by atoms with E-state index >= 15 is 0 Å². The summed E-state index contributed by atoms with van der Waals surface area (Å²) in [5, 5.41) is 3.76. The summed E-state index contributed by atoms with van der Waals surface area (Å²) in [5.41, 5.74) is 4.34. The molecule has 0 saturated carbocycles. The molecule has 3 rings (SSSR count). The largest absolute Gasteiger partial charge is 0.472 e. The highest BCUT2D eigenvalue weighted by molar-refractivity contribution is 5.33. The average Bonchev–Trinajstić information content (AvgIpc) is 2.99. The fraction of sp³-hybridized carbons (Fsp3) is 0.444. The molecule has 2 unspecified atom stereocenters. The molecular formula is C18H23NO. The summed E-state index contributed by atoms with van der Waals surface area (Å²) in [7, 11) is 0. The highest BCUT2D eigenvalue weighted by Crippen LogP contribution is 2.36. The predicted molar refractivity (Wildman–Crippen MR) is 81.7 cm³/mol. The van der Waals surface area contributed by atoms with Crippen molar-refractivity contribution in [2.24, 2.45) is 5.92 Å². The van der Waals surface area contributed by atoms with E-state index < -0.39 is 0 Å². The maximum atomic E-state index is 5.22. The number of hydrogen-bond acceptors (Lipinski definition) is 2. The van der Waals surface area contributed by atoms with Crippen molar-refractivity contribution < 1.29 is 4.42 Å². The Balaban J connectivity index is 1.82. The summed E-state index contributed by atoms with van der Waals surface area (Å²) in [6.45, 7) is 3.31. The number of rotatable bonds is 5. The normalized spacial score (nSPS) is 21.6. The van der Waals surface area contributed by atoms with E-state index in [-0.39, 0.29) is 0 Å². The van der Waals surface area contributed by atoms with Gasteiger partial charge >= 0.3 is 0 Å². The fourth-order valence-electron chi connectivity index (χ4n) is 3.33. The van der Waals surface area contributed by atoms with Crippen molar-refractivity contribution in [3.05, 3.63) is 59.5 Å². The Bertz CT molecular complexity index is 532. The van der Waals surface area contributed by atoms with Gasteiger partial charge in [-0.25, -0.2) is 0 Å². The first kappa shape index (κ1) is 13.4. The van der Waals surface area contributed by atoms with E-state index in [1.807, 2.05) is 6.26 Å². The number of furan rings is 1. The smallest absolute Gasteiger partial charge is 0.0934 e. The van der Waals surface area contributed by atoms with Crippen LogP contribution in [0.25, 0.3) is 0 Å². The molecule has 2 aromatic rings. The molecule has 0 aliphatic heterocycles. The molecule has 106 valence electrons. The Labute approximate surface area is 121 Å². The van der Waals surface area contributed by atoms with Gasteiger partial charge in [-0.1, -0.05) is 31.2 Å². The van der Waals surface area contributed by atoms with Gasteiger partial charge in [0.2, 0.25) is 0 Å². The van der Waals surface area contributed by atoms with Gasteiger partial charge in [-0.05, 0) is 60.9 Å². The summed E-state index contributed by atoms with van der Waals surface area (Å²) < 4.78 is 5.22. The van der Waals surface area contributed by atoms with Gasteiger partial charge < -0.3 is 9.73 Å². The number of hydrogen-bond donors (Lipinski definition) is 1. The highest BCUT2D eigenvalue weighted by Gasteiger charge is 2.28. The Morgan fingerprint density at radius 1 is 1.25 bits per heavy atom. The summed E-state index contributed by atoms with van der Waals surface area (Å²) in [5.74, 6) is 0.661. The van der Waals surface area contributed by atoms with Crippen LogP contribution in [0.5, 0.6) is 0 Å². The molecule has 2 heteroatoms. The van der Waals surface area contributed by atoms with Gasteiger partial charge in [0, 0.05) is 6.04 Å². The van der Waals surface area contributed by atoms with Crippen molar-refractivity contribution in [1.29, 1.82) is 0 Å². The lowest BCUT2D eigenvalue weighted by atomic mass is 9.77. The van der Waals surface area contributed by atoms with Crippen molar-refractivity contribution in [3.63, 3.8) is 0 Å². The lowest BCUT2D eigenvalue weighted by Crippen LogP contribution is -2.34. The standard InChI is InChI=1S/C18H23NO/c1-2-10-19-18-16(12-14-9-11-20-13-14)8-7-15-5-3-4-6-17(15)18/h3-6,9,11,13,16,18-19H,2,7-8,10,12H2,1H3. The Morgan fingerprint density at radius 2 is 2.15 bits per heavy atom. The third-order valence-corrected chi connectivity index (χ3v) is 4.34. The van der Waals surface area contributed by atoms with Gasteiger partial charge in [0.1, 0.15) is 0 Å². The first-order valence-corrected chi connectivity index (χ1v) is 7.70. The van der Waals surface area contributed by atoms with Crippen molar-refractivity contribution in [2.45, 2.75) is 38.6 Å². The Hall–Kier alpha value is -1.54. The van der Waals surface area contributed by atoms with Crippen LogP contribution in [0.3, 0.4) is 0 Å². The van der Waals surface area contributed by atoms with Crippen LogP contribution in [-0.2, 0) is 12.8 Å². The second kappa shape index (κ2) is 6.27. The lowest BCUT2D eigenvalue weighted by molar-refractivity contribution is 0.318. The predicted octanol–water partition coefficient (Wildman–Crippen LogP) is 4.13. The van der Waals surface area contributed by atoms with E-state index in [4.69, 9.17) is 4.42 Å². The number of fused-ring (bicyclic) bond motifs is 1. The molecule has 2 atom stereocenters. The fourth-order valence-corrected chi connectivity index (χ4v) is 3.33. The first-order valence-electron chi connectivity index (χ1n) is 7.70. The molecule has 2 nitrogen and oxygen atoms in total. The van der Waals surface area contributed by atoms with Gasteiger partial charge in [0.05, 0.1) is 12.5 Å². The zero-order chi connectivity index (χ0) is 13.8. The maximum absolute atomic E-state index is 5.22. The monoisotopic (exact) mass is 269 g/mol. The van der Waals surface area contributed by atoms with Gasteiger partial charge in [0.15, 0.2) is 0 Å². The van der Waals surface area contributed by atoms with Crippen molar-refractivity contribution in [3.8, 4) is 0 Å². The van der Waals surface area contributed by atoms with Crippen LogP contribution in [0.4, 0.5) is 0 Å². The van der Waals surface area contributed by atoms with E-state index in [1.165, 1.54) is 36.0 Å². The molecule has 1 aliphatic rings. The minimum atomic E-state index is 0.481. The second-order valence-corrected chi connectivity index (χ2v) is 5.77. The molecule has 1 aromatic heterocycles. The molecule has 0 fully saturated rings. The zero-order valence-electron chi connectivity index (χ0n) is 12.1. The number of benzene rings is 1. The van der Waals surface area contributed by atoms with Gasteiger partial charge in [0.25, 0.3) is 0 Å². The van der Waals surface area contributed by atoms with E-state index in [2.05, 4.69) is 42.6 Å². The van der Waals surface area contributed by atoms with Crippen molar-refractivity contribution in [2.75, 3.05) is 6.54 Å². The maximum Gasteiger partial charge on any atom is 0.0934 e. The molecule has 1 N–H and O–H groups in total. The lowest BCUT2D eigenvalue weighted by Gasteiger charge is -2.34. The highest BCUT2D eigenvalue weighted by atomic mass is 16.3. The van der Waals surface area contributed by atoms with E-state index in [1.54, 1.807) is 6.26 Å². The van der Waals surface area contributed by atoms with Gasteiger partial charge in [-0.3, -0.25) is 0 Å². The molecular weight excluding hydrogens is 246 g/mol. The van der Waals surface area contributed by atoms with E-state index in [0.29, 0.717) is 12.0 Å². The summed E-state index contributed by atoms with van der Waals surface area (Å²) in [6.07, 6.45) is 8.40.